The fourth-order valence-corrected chi connectivity index (χ4v) is 2.40. The van der Waals surface area contributed by atoms with Crippen molar-refractivity contribution in [1.29, 1.82) is 0 Å². The molecule has 2 rings (SSSR count). The van der Waals surface area contributed by atoms with Gasteiger partial charge >= 0.3 is 5.97 Å². The normalized spacial score (nSPS) is 12.1. The van der Waals surface area contributed by atoms with Gasteiger partial charge in [-0.3, -0.25) is 4.79 Å². The number of aliphatic carboxylic acids is 1. The first kappa shape index (κ1) is 13.6. The number of carboxylic acid groups (broad SMARTS) is 1. The number of hydrogen-bond donors (Lipinski definition) is 1. The minimum absolute atomic E-state index is 0.403. The Morgan fingerprint density at radius 3 is 2.42 bits per heavy atom. The molecule has 1 atom stereocenters. The SMILES string of the molecule is Cc1ccccc1C(Cc1ccccc1Cl)C(=O)O. The van der Waals surface area contributed by atoms with Crippen molar-refractivity contribution in [2.75, 3.05) is 0 Å². The Balaban J connectivity index is 2.35. The number of halogens is 1. The molecule has 0 saturated carbocycles. The average Bonchev–Trinajstić information content (AvgIpc) is 2.38. The highest BCUT2D eigenvalue weighted by atomic mass is 35.5. The van der Waals surface area contributed by atoms with E-state index in [0.29, 0.717) is 11.4 Å². The summed E-state index contributed by atoms with van der Waals surface area (Å²) < 4.78 is 0. The van der Waals surface area contributed by atoms with Gasteiger partial charge < -0.3 is 5.11 Å². The molecule has 1 N–H and O–H groups in total. The molecule has 0 amide bonds. The molecule has 0 spiro atoms. The van der Waals surface area contributed by atoms with Crippen LogP contribution in [0.5, 0.6) is 0 Å². The number of carboxylic acids is 1. The van der Waals surface area contributed by atoms with Crippen LogP contribution in [0.15, 0.2) is 48.5 Å². The first-order valence-corrected chi connectivity index (χ1v) is 6.49. The van der Waals surface area contributed by atoms with Crippen LogP contribution in [0.3, 0.4) is 0 Å². The van der Waals surface area contributed by atoms with Crippen LogP contribution in [0.2, 0.25) is 5.02 Å². The van der Waals surface area contributed by atoms with E-state index < -0.39 is 11.9 Å². The second-order valence-corrected chi connectivity index (χ2v) is 4.95. The maximum atomic E-state index is 11.5. The third-order valence-electron chi connectivity index (χ3n) is 3.24. The quantitative estimate of drug-likeness (QED) is 0.913. The Kier molecular flexibility index (Phi) is 4.23. The van der Waals surface area contributed by atoms with Gasteiger partial charge in [0.05, 0.1) is 5.92 Å². The van der Waals surface area contributed by atoms with Crippen LogP contribution in [0.4, 0.5) is 0 Å². The summed E-state index contributed by atoms with van der Waals surface area (Å²) >= 11 is 6.11. The molecule has 2 aromatic rings. The summed E-state index contributed by atoms with van der Waals surface area (Å²) in [4.78, 5) is 11.5. The zero-order valence-electron chi connectivity index (χ0n) is 10.6. The lowest BCUT2D eigenvalue weighted by atomic mass is 9.89. The van der Waals surface area contributed by atoms with E-state index in [4.69, 9.17) is 11.6 Å². The highest BCUT2D eigenvalue weighted by molar-refractivity contribution is 6.31. The molecule has 98 valence electrons. The Bertz CT molecular complexity index is 593. The Labute approximate surface area is 117 Å². The lowest BCUT2D eigenvalue weighted by Crippen LogP contribution is -2.15. The maximum absolute atomic E-state index is 11.5. The Morgan fingerprint density at radius 2 is 1.79 bits per heavy atom. The predicted octanol–water partition coefficient (Wildman–Crippen LogP) is 4.06. The van der Waals surface area contributed by atoms with Crippen LogP contribution in [0.1, 0.15) is 22.6 Å². The molecular weight excluding hydrogens is 260 g/mol. The molecule has 0 radical (unpaired) electrons. The monoisotopic (exact) mass is 274 g/mol. The Hall–Kier alpha value is -1.80. The van der Waals surface area contributed by atoms with Crippen molar-refractivity contribution in [3.05, 3.63) is 70.2 Å². The standard InChI is InChI=1S/C16H15ClO2/c1-11-6-2-4-8-13(11)14(16(18)19)10-12-7-3-5-9-15(12)17/h2-9,14H,10H2,1H3,(H,18,19). The van der Waals surface area contributed by atoms with E-state index in [-0.39, 0.29) is 0 Å². The summed E-state index contributed by atoms with van der Waals surface area (Å²) in [6, 6.07) is 14.9. The van der Waals surface area contributed by atoms with Gasteiger partial charge in [0.25, 0.3) is 0 Å². The van der Waals surface area contributed by atoms with Crippen LogP contribution < -0.4 is 0 Å². The molecule has 1 unspecified atom stereocenters. The summed E-state index contributed by atoms with van der Waals surface area (Å²) in [6.45, 7) is 1.93. The summed E-state index contributed by atoms with van der Waals surface area (Å²) in [5.41, 5.74) is 2.69. The molecule has 0 bridgehead atoms. The summed E-state index contributed by atoms with van der Waals surface area (Å²) in [5.74, 6) is -1.39. The van der Waals surface area contributed by atoms with Gasteiger partial charge in [-0.15, -0.1) is 0 Å². The Morgan fingerprint density at radius 1 is 1.16 bits per heavy atom. The highest BCUT2D eigenvalue weighted by Crippen LogP contribution is 2.27. The van der Waals surface area contributed by atoms with Crippen LogP contribution >= 0.6 is 11.6 Å². The van der Waals surface area contributed by atoms with Crippen molar-refractivity contribution in [3.63, 3.8) is 0 Å². The van der Waals surface area contributed by atoms with Gasteiger partial charge in [-0.05, 0) is 36.1 Å². The van der Waals surface area contributed by atoms with Crippen molar-refractivity contribution < 1.29 is 9.90 Å². The molecule has 2 nitrogen and oxygen atoms in total. The predicted molar refractivity (Wildman–Crippen MR) is 76.7 cm³/mol. The van der Waals surface area contributed by atoms with Gasteiger partial charge in [0.15, 0.2) is 0 Å². The maximum Gasteiger partial charge on any atom is 0.311 e. The van der Waals surface area contributed by atoms with Crippen LogP contribution in [0.25, 0.3) is 0 Å². The average molecular weight is 275 g/mol. The molecule has 0 aliphatic rings. The van der Waals surface area contributed by atoms with E-state index in [1.165, 1.54) is 0 Å². The molecule has 3 heteroatoms. The third-order valence-corrected chi connectivity index (χ3v) is 3.61. The summed E-state index contributed by atoms with van der Waals surface area (Å²) in [5, 5.41) is 10.1. The van der Waals surface area contributed by atoms with E-state index >= 15 is 0 Å². The minimum atomic E-state index is -0.825. The molecule has 0 aromatic heterocycles. The van der Waals surface area contributed by atoms with Gasteiger partial charge in [0.1, 0.15) is 0 Å². The topological polar surface area (TPSA) is 37.3 Å². The van der Waals surface area contributed by atoms with E-state index in [1.807, 2.05) is 49.4 Å². The number of aryl methyl sites for hydroxylation is 1. The first-order chi connectivity index (χ1) is 9.09. The zero-order valence-corrected chi connectivity index (χ0v) is 11.4. The second-order valence-electron chi connectivity index (χ2n) is 4.54. The number of rotatable bonds is 4. The van der Waals surface area contributed by atoms with E-state index in [2.05, 4.69) is 0 Å². The van der Waals surface area contributed by atoms with Crippen molar-refractivity contribution in [2.24, 2.45) is 0 Å². The zero-order chi connectivity index (χ0) is 13.8. The summed E-state index contributed by atoms with van der Waals surface area (Å²) in [6.07, 6.45) is 0.403. The van der Waals surface area contributed by atoms with Crippen molar-refractivity contribution in [1.82, 2.24) is 0 Å². The van der Waals surface area contributed by atoms with E-state index in [9.17, 15) is 9.90 Å². The largest absolute Gasteiger partial charge is 0.481 e. The van der Waals surface area contributed by atoms with Gasteiger partial charge in [-0.25, -0.2) is 0 Å². The van der Waals surface area contributed by atoms with Gasteiger partial charge in [-0.2, -0.15) is 0 Å². The highest BCUT2D eigenvalue weighted by Gasteiger charge is 2.22. The first-order valence-electron chi connectivity index (χ1n) is 6.11. The fraction of sp³-hybridized carbons (Fsp3) is 0.188. The molecular formula is C16H15ClO2. The van der Waals surface area contributed by atoms with Crippen LogP contribution in [-0.2, 0) is 11.2 Å². The van der Waals surface area contributed by atoms with Crippen molar-refractivity contribution in [2.45, 2.75) is 19.3 Å². The van der Waals surface area contributed by atoms with E-state index in [1.54, 1.807) is 6.07 Å². The molecule has 0 fully saturated rings. The van der Waals surface area contributed by atoms with Crippen LogP contribution in [-0.4, -0.2) is 11.1 Å². The number of hydrogen-bond acceptors (Lipinski definition) is 1. The van der Waals surface area contributed by atoms with E-state index in [0.717, 1.165) is 16.7 Å². The van der Waals surface area contributed by atoms with Crippen LogP contribution in [0, 0.1) is 6.92 Å². The summed E-state index contributed by atoms with van der Waals surface area (Å²) in [7, 11) is 0. The number of benzene rings is 2. The minimum Gasteiger partial charge on any atom is -0.481 e. The molecule has 0 aliphatic carbocycles. The lowest BCUT2D eigenvalue weighted by Gasteiger charge is -2.16. The molecule has 0 aliphatic heterocycles. The fourth-order valence-electron chi connectivity index (χ4n) is 2.19. The number of carbonyl (C=O) groups is 1. The van der Waals surface area contributed by atoms with Gasteiger partial charge in [0, 0.05) is 5.02 Å². The molecule has 2 aromatic carbocycles. The van der Waals surface area contributed by atoms with Crippen molar-refractivity contribution in [3.8, 4) is 0 Å². The lowest BCUT2D eigenvalue weighted by molar-refractivity contribution is -0.138. The van der Waals surface area contributed by atoms with Crippen molar-refractivity contribution >= 4 is 17.6 Å². The molecule has 0 heterocycles. The molecule has 0 saturated heterocycles. The molecule has 19 heavy (non-hydrogen) atoms. The van der Waals surface area contributed by atoms with Gasteiger partial charge in [-0.1, -0.05) is 54.1 Å². The second kappa shape index (κ2) is 5.89. The smallest absolute Gasteiger partial charge is 0.311 e. The van der Waals surface area contributed by atoms with Gasteiger partial charge in [0.2, 0.25) is 0 Å². The third kappa shape index (κ3) is 3.15.